The van der Waals surface area contributed by atoms with E-state index in [4.69, 9.17) is 34.7 Å². The molecule has 0 amide bonds. The third kappa shape index (κ3) is 2.50. The van der Waals surface area contributed by atoms with Gasteiger partial charge in [0, 0.05) is 5.02 Å². The number of guanidine groups is 2. The highest BCUT2D eigenvalue weighted by Crippen LogP contribution is 2.43. The zero-order chi connectivity index (χ0) is 15.9. The highest BCUT2D eigenvalue weighted by Gasteiger charge is 2.44. The molecule has 1 heterocycles. The van der Waals surface area contributed by atoms with E-state index in [0.717, 1.165) is 19.3 Å². The fourth-order valence-corrected chi connectivity index (χ4v) is 3.75. The van der Waals surface area contributed by atoms with Gasteiger partial charge < -0.3 is 11.5 Å². The molecule has 118 valence electrons. The molecule has 2 aliphatic rings. The van der Waals surface area contributed by atoms with Crippen LogP contribution in [-0.4, -0.2) is 17.6 Å². The Kier molecular flexibility index (Phi) is 3.91. The Hall–Kier alpha value is -1.53. The van der Waals surface area contributed by atoms with Crippen molar-refractivity contribution in [1.82, 2.24) is 0 Å². The summed E-state index contributed by atoms with van der Waals surface area (Å²) in [6.07, 6.45) is 4.42. The van der Waals surface area contributed by atoms with E-state index in [-0.39, 0.29) is 27.7 Å². The van der Waals surface area contributed by atoms with Gasteiger partial charge in [0.05, 0.1) is 5.02 Å². The Morgan fingerprint density at radius 3 is 2.45 bits per heavy atom. The number of halogens is 3. The predicted molar refractivity (Wildman–Crippen MR) is 88.0 cm³/mol. The van der Waals surface area contributed by atoms with E-state index in [2.05, 4.69) is 9.98 Å². The van der Waals surface area contributed by atoms with Crippen LogP contribution in [0.5, 0.6) is 0 Å². The highest BCUT2D eigenvalue weighted by molar-refractivity contribution is 6.37. The molecule has 1 aliphatic carbocycles. The second kappa shape index (κ2) is 5.59. The smallest absolute Gasteiger partial charge is 0.220 e. The van der Waals surface area contributed by atoms with E-state index in [9.17, 15) is 4.39 Å². The minimum atomic E-state index is -0.730. The summed E-state index contributed by atoms with van der Waals surface area (Å²) in [7, 11) is 0. The van der Waals surface area contributed by atoms with Crippen LogP contribution in [0.3, 0.4) is 0 Å². The Labute approximate surface area is 137 Å². The molecule has 3 rings (SSSR count). The van der Waals surface area contributed by atoms with Gasteiger partial charge in [-0.15, -0.1) is 0 Å². The molecule has 8 heteroatoms. The number of nitrogens with zero attached hydrogens (tertiary/aromatic N) is 3. The molecule has 22 heavy (non-hydrogen) atoms. The second-order valence-electron chi connectivity index (χ2n) is 5.54. The molecule has 0 saturated heterocycles. The van der Waals surface area contributed by atoms with Gasteiger partial charge in [-0.2, -0.15) is 4.99 Å². The Morgan fingerprint density at radius 2 is 1.82 bits per heavy atom. The van der Waals surface area contributed by atoms with Crippen molar-refractivity contribution >= 4 is 40.8 Å². The molecule has 4 N–H and O–H groups in total. The van der Waals surface area contributed by atoms with Crippen molar-refractivity contribution < 1.29 is 4.39 Å². The molecule has 0 unspecified atom stereocenters. The molecular weight excluding hydrogens is 328 g/mol. The summed E-state index contributed by atoms with van der Waals surface area (Å²) in [6.45, 7) is 0. The Bertz CT molecular complexity index is 644. The SMILES string of the molecule is NC1=NC2(CCCCC2)N(c2c(F)cc(Cl)cc2Cl)C(N)=N1. The van der Waals surface area contributed by atoms with E-state index in [1.54, 1.807) is 4.90 Å². The molecule has 1 fully saturated rings. The van der Waals surface area contributed by atoms with Crippen LogP contribution < -0.4 is 16.4 Å². The van der Waals surface area contributed by atoms with E-state index < -0.39 is 11.5 Å². The molecule has 0 radical (unpaired) electrons. The van der Waals surface area contributed by atoms with Crippen LogP contribution in [0.15, 0.2) is 22.1 Å². The van der Waals surface area contributed by atoms with E-state index in [1.807, 2.05) is 0 Å². The van der Waals surface area contributed by atoms with Gasteiger partial charge in [-0.25, -0.2) is 9.38 Å². The molecule has 1 spiro atoms. The lowest BCUT2D eigenvalue weighted by atomic mass is 9.87. The van der Waals surface area contributed by atoms with Crippen LogP contribution >= 0.6 is 23.2 Å². The first kappa shape index (κ1) is 15.4. The van der Waals surface area contributed by atoms with Gasteiger partial charge in [0.1, 0.15) is 17.2 Å². The molecular formula is C14H16Cl2FN5. The first-order chi connectivity index (χ1) is 10.4. The van der Waals surface area contributed by atoms with Gasteiger partial charge in [0.2, 0.25) is 11.9 Å². The number of benzene rings is 1. The van der Waals surface area contributed by atoms with Gasteiger partial charge >= 0.3 is 0 Å². The maximum absolute atomic E-state index is 14.5. The topological polar surface area (TPSA) is 80.0 Å². The van der Waals surface area contributed by atoms with Crippen LogP contribution in [0.25, 0.3) is 0 Å². The van der Waals surface area contributed by atoms with E-state index in [0.29, 0.717) is 12.8 Å². The quantitative estimate of drug-likeness (QED) is 0.821. The van der Waals surface area contributed by atoms with Crippen molar-refractivity contribution in [2.45, 2.75) is 37.8 Å². The van der Waals surface area contributed by atoms with Gasteiger partial charge in [-0.05, 0) is 37.8 Å². The lowest BCUT2D eigenvalue weighted by Gasteiger charge is -2.45. The maximum atomic E-state index is 14.5. The molecule has 1 saturated carbocycles. The molecule has 1 aromatic rings. The summed E-state index contributed by atoms with van der Waals surface area (Å²) in [5.74, 6) is -0.352. The first-order valence-corrected chi connectivity index (χ1v) is 7.83. The molecule has 0 bridgehead atoms. The molecule has 0 aromatic heterocycles. The summed E-state index contributed by atoms with van der Waals surface area (Å²) in [5.41, 5.74) is 11.2. The van der Waals surface area contributed by atoms with Crippen molar-refractivity contribution in [1.29, 1.82) is 0 Å². The fourth-order valence-electron chi connectivity index (χ4n) is 3.19. The van der Waals surface area contributed by atoms with E-state index >= 15 is 0 Å². The molecule has 5 nitrogen and oxygen atoms in total. The summed E-state index contributed by atoms with van der Waals surface area (Å²) in [6, 6.07) is 2.68. The number of hydrogen-bond donors (Lipinski definition) is 2. The second-order valence-corrected chi connectivity index (χ2v) is 6.38. The van der Waals surface area contributed by atoms with Crippen LogP contribution in [0.1, 0.15) is 32.1 Å². The third-order valence-electron chi connectivity index (χ3n) is 4.06. The van der Waals surface area contributed by atoms with E-state index in [1.165, 1.54) is 12.1 Å². The lowest BCUT2D eigenvalue weighted by molar-refractivity contribution is 0.304. The largest absolute Gasteiger partial charge is 0.369 e. The third-order valence-corrected chi connectivity index (χ3v) is 4.56. The fraction of sp³-hybridized carbons (Fsp3) is 0.429. The summed E-state index contributed by atoms with van der Waals surface area (Å²) in [4.78, 5) is 10.0. The van der Waals surface area contributed by atoms with Crippen molar-refractivity contribution in [3.8, 4) is 0 Å². The number of anilines is 1. The zero-order valence-corrected chi connectivity index (χ0v) is 13.3. The summed E-state index contributed by atoms with van der Waals surface area (Å²) < 4.78 is 14.5. The first-order valence-electron chi connectivity index (χ1n) is 7.07. The van der Waals surface area contributed by atoms with Crippen molar-refractivity contribution in [3.63, 3.8) is 0 Å². The highest BCUT2D eigenvalue weighted by atomic mass is 35.5. The lowest BCUT2D eigenvalue weighted by Crippen LogP contribution is -2.58. The number of aliphatic imine (C=N–C) groups is 2. The summed E-state index contributed by atoms with van der Waals surface area (Å²) in [5, 5.41) is 0.392. The standard InChI is InChI=1S/C14H16Cl2FN5/c15-8-6-9(16)11(10(17)7-8)22-13(19)20-12(18)21-14(22)4-2-1-3-5-14/h6-7H,1-5H2,(H4,18,19,20,21). The number of hydrogen-bond acceptors (Lipinski definition) is 5. The monoisotopic (exact) mass is 343 g/mol. The van der Waals surface area contributed by atoms with Gasteiger partial charge in [0.25, 0.3) is 0 Å². The van der Waals surface area contributed by atoms with Crippen molar-refractivity contribution in [3.05, 3.63) is 28.0 Å². The van der Waals surface area contributed by atoms with Crippen molar-refractivity contribution in [2.24, 2.45) is 21.5 Å². The van der Waals surface area contributed by atoms with Crippen LogP contribution in [0, 0.1) is 5.82 Å². The van der Waals surface area contributed by atoms with Gasteiger partial charge in [0.15, 0.2) is 0 Å². The van der Waals surface area contributed by atoms with Gasteiger partial charge in [-0.1, -0.05) is 29.6 Å². The number of nitrogens with two attached hydrogens (primary N) is 2. The minimum absolute atomic E-state index is 0.0949. The minimum Gasteiger partial charge on any atom is -0.369 e. The summed E-state index contributed by atoms with van der Waals surface area (Å²) >= 11 is 12.1. The average Bonchev–Trinajstić information content (AvgIpc) is 2.41. The van der Waals surface area contributed by atoms with Crippen LogP contribution in [0.4, 0.5) is 10.1 Å². The van der Waals surface area contributed by atoms with Crippen LogP contribution in [0.2, 0.25) is 10.0 Å². The van der Waals surface area contributed by atoms with Crippen LogP contribution in [-0.2, 0) is 0 Å². The Balaban J connectivity index is 2.16. The predicted octanol–water partition coefficient (Wildman–Crippen LogP) is 3.24. The normalized spacial score (nSPS) is 20.8. The molecule has 1 aliphatic heterocycles. The molecule has 0 atom stereocenters. The van der Waals surface area contributed by atoms with Crippen molar-refractivity contribution in [2.75, 3.05) is 4.90 Å². The van der Waals surface area contributed by atoms with Gasteiger partial charge in [-0.3, -0.25) is 4.90 Å². The number of rotatable bonds is 1. The average molecular weight is 344 g/mol. The zero-order valence-electron chi connectivity index (χ0n) is 11.8. The maximum Gasteiger partial charge on any atom is 0.220 e. The molecule has 1 aromatic carbocycles. The Morgan fingerprint density at radius 1 is 1.14 bits per heavy atom.